The van der Waals surface area contributed by atoms with Crippen LogP contribution in [0, 0.1) is 19.8 Å². The van der Waals surface area contributed by atoms with Crippen molar-refractivity contribution in [2.45, 2.75) is 33.1 Å². The van der Waals surface area contributed by atoms with Crippen LogP contribution in [-0.2, 0) is 6.42 Å². The second-order valence-corrected chi connectivity index (χ2v) is 5.30. The summed E-state index contributed by atoms with van der Waals surface area (Å²) in [6.07, 6.45) is 3.43. The summed E-state index contributed by atoms with van der Waals surface area (Å²) in [5.41, 5.74) is 2.11. The van der Waals surface area contributed by atoms with E-state index < -0.39 is 0 Å². The van der Waals surface area contributed by atoms with Gasteiger partial charge in [-0.1, -0.05) is 0 Å². The minimum Gasteiger partial charge on any atom is -0.395 e. The molecule has 4 heteroatoms. The van der Waals surface area contributed by atoms with Gasteiger partial charge in [0.1, 0.15) is 5.82 Å². The normalized spacial score (nSPS) is 21.2. The fraction of sp³-hybridized carbons (Fsp3) is 0.714. The Morgan fingerprint density at radius 1 is 1.33 bits per heavy atom. The molecule has 100 valence electrons. The quantitative estimate of drug-likeness (QED) is 0.875. The molecule has 1 atom stereocenters. The van der Waals surface area contributed by atoms with Crippen molar-refractivity contribution in [1.82, 2.24) is 14.9 Å². The average molecular weight is 249 g/mol. The van der Waals surface area contributed by atoms with E-state index in [1.165, 1.54) is 12.8 Å². The third-order valence-corrected chi connectivity index (χ3v) is 3.52. The number of aryl methyl sites for hydroxylation is 2. The number of β-amino-alcohol motifs (C(OH)–C–C–N with tert-alkyl or cyclic N) is 1. The monoisotopic (exact) mass is 249 g/mol. The van der Waals surface area contributed by atoms with Gasteiger partial charge in [-0.3, -0.25) is 0 Å². The number of rotatable bonds is 4. The Morgan fingerprint density at radius 2 is 2.06 bits per heavy atom. The van der Waals surface area contributed by atoms with Crippen molar-refractivity contribution in [3.63, 3.8) is 0 Å². The molecule has 1 aromatic rings. The summed E-state index contributed by atoms with van der Waals surface area (Å²) in [5.74, 6) is 1.61. The fourth-order valence-corrected chi connectivity index (χ4v) is 2.81. The van der Waals surface area contributed by atoms with Gasteiger partial charge in [0.15, 0.2) is 0 Å². The summed E-state index contributed by atoms with van der Waals surface area (Å²) in [6.45, 7) is 7.28. The van der Waals surface area contributed by atoms with Crippen molar-refractivity contribution in [2.24, 2.45) is 5.92 Å². The largest absolute Gasteiger partial charge is 0.395 e. The smallest absolute Gasteiger partial charge is 0.129 e. The average Bonchev–Trinajstić information content (AvgIpc) is 2.28. The van der Waals surface area contributed by atoms with E-state index in [0.717, 1.165) is 43.3 Å². The summed E-state index contributed by atoms with van der Waals surface area (Å²) in [4.78, 5) is 11.4. The van der Waals surface area contributed by atoms with Crippen LogP contribution >= 0.6 is 0 Å². The van der Waals surface area contributed by atoms with Gasteiger partial charge in [0.25, 0.3) is 0 Å². The first-order valence-electron chi connectivity index (χ1n) is 6.81. The SMILES string of the molecule is Cc1cc(C)nc(CC2CCCN(CCO)C2)n1. The molecule has 1 saturated heterocycles. The molecule has 2 heterocycles. The van der Waals surface area contributed by atoms with Gasteiger partial charge < -0.3 is 10.0 Å². The van der Waals surface area contributed by atoms with Gasteiger partial charge in [0, 0.05) is 30.9 Å². The molecule has 0 spiro atoms. The van der Waals surface area contributed by atoms with E-state index in [1.54, 1.807) is 0 Å². The molecule has 4 nitrogen and oxygen atoms in total. The van der Waals surface area contributed by atoms with Gasteiger partial charge >= 0.3 is 0 Å². The lowest BCUT2D eigenvalue weighted by Gasteiger charge is -2.31. The van der Waals surface area contributed by atoms with Gasteiger partial charge in [0.05, 0.1) is 6.61 Å². The molecule has 1 aliphatic rings. The van der Waals surface area contributed by atoms with Crippen molar-refractivity contribution in [1.29, 1.82) is 0 Å². The van der Waals surface area contributed by atoms with Gasteiger partial charge in [-0.15, -0.1) is 0 Å². The van der Waals surface area contributed by atoms with Crippen molar-refractivity contribution < 1.29 is 5.11 Å². The molecule has 0 radical (unpaired) electrons. The van der Waals surface area contributed by atoms with Crippen molar-refractivity contribution in [3.05, 3.63) is 23.3 Å². The Balaban J connectivity index is 1.95. The van der Waals surface area contributed by atoms with E-state index in [-0.39, 0.29) is 6.61 Å². The number of aliphatic hydroxyl groups is 1. The molecule has 2 rings (SSSR count). The van der Waals surface area contributed by atoms with E-state index in [9.17, 15) is 0 Å². The Hall–Kier alpha value is -1.00. The Kier molecular flexibility index (Phi) is 4.66. The van der Waals surface area contributed by atoms with Gasteiger partial charge in [0.2, 0.25) is 0 Å². The van der Waals surface area contributed by atoms with Crippen LogP contribution in [0.25, 0.3) is 0 Å². The number of hydrogen-bond donors (Lipinski definition) is 1. The molecule has 1 N–H and O–H groups in total. The van der Waals surface area contributed by atoms with Gasteiger partial charge in [-0.25, -0.2) is 9.97 Å². The van der Waals surface area contributed by atoms with Crippen molar-refractivity contribution in [2.75, 3.05) is 26.2 Å². The molecule has 0 aliphatic carbocycles. The number of likely N-dealkylation sites (tertiary alicyclic amines) is 1. The topological polar surface area (TPSA) is 49.2 Å². The van der Waals surface area contributed by atoms with Crippen molar-refractivity contribution in [3.8, 4) is 0 Å². The fourth-order valence-electron chi connectivity index (χ4n) is 2.81. The minimum absolute atomic E-state index is 0.257. The second-order valence-electron chi connectivity index (χ2n) is 5.30. The first-order chi connectivity index (χ1) is 8.67. The highest BCUT2D eigenvalue weighted by atomic mass is 16.3. The number of hydrogen-bond acceptors (Lipinski definition) is 4. The second kappa shape index (κ2) is 6.25. The molecular formula is C14H23N3O. The third kappa shape index (κ3) is 3.75. The lowest BCUT2D eigenvalue weighted by molar-refractivity contribution is 0.139. The maximum atomic E-state index is 9.00. The zero-order valence-corrected chi connectivity index (χ0v) is 11.4. The lowest BCUT2D eigenvalue weighted by Crippen LogP contribution is -2.38. The van der Waals surface area contributed by atoms with Crippen LogP contribution in [0.3, 0.4) is 0 Å². The number of aliphatic hydroxyl groups excluding tert-OH is 1. The molecule has 1 fully saturated rings. The summed E-state index contributed by atoms with van der Waals surface area (Å²) < 4.78 is 0. The van der Waals surface area contributed by atoms with E-state index >= 15 is 0 Å². The number of nitrogens with zero attached hydrogens (tertiary/aromatic N) is 3. The van der Waals surface area contributed by atoms with Crippen LogP contribution in [0.4, 0.5) is 0 Å². The lowest BCUT2D eigenvalue weighted by atomic mass is 9.94. The highest BCUT2D eigenvalue weighted by Crippen LogP contribution is 2.19. The van der Waals surface area contributed by atoms with E-state index in [4.69, 9.17) is 5.11 Å². The van der Waals surface area contributed by atoms with E-state index in [1.807, 2.05) is 19.9 Å². The first-order valence-corrected chi connectivity index (χ1v) is 6.81. The summed E-state index contributed by atoms with van der Waals surface area (Å²) in [7, 11) is 0. The molecule has 18 heavy (non-hydrogen) atoms. The van der Waals surface area contributed by atoms with Crippen LogP contribution in [0.2, 0.25) is 0 Å². The molecule has 0 amide bonds. The Morgan fingerprint density at radius 3 is 2.72 bits per heavy atom. The molecule has 1 aromatic heterocycles. The van der Waals surface area contributed by atoms with Crippen molar-refractivity contribution >= 4 is 0 Å². The molecule has 1 unspecified atom stereocenters. The number of piperidine rings is 1. The number of aromatic nitrogens is 2. The Bertz CT molecular complexity index is 372. The Labute approximate surface area is 109 Å². The van der Waals surface area contributed by atoms with Crippen LogP contribution < -0.4 is 0 Å². The summed E-state index contributed by atoms with van der Waals surface area (Å²) in [6, 6.07) is 2.02. The maximum absolute atomic E-state index is 9.00. The zero-order valence-electron chi connectivity index (χ0n) is 11.4. The van der Waals surface area contributed by atoms with Crippen LogP contribution in [-0.4, -0.2) is 46.2 Å². The predicted molar refractivity (Wildman–Crippen MR) is 71.5 cm³/mol. The molecule has 1 aliphatic heterocycles. The molecule has 0 aromatic carbocycles. The minimum atomic E-state index is 0.257. The maximum Gasteiger partial charge on any atom is 0.129 e. The van der Waals surface area contributed by atoms with Crippen LogP contribution in [0.5, 0.6) is 0 Å². The standard InChI is InChI=1S/C14H23N3O/c1-11-8-12(2)16-14(15-11)9-13-4-3-5-17(10-13)6-7-18/h8,13,18H,3-7,9-10H2,1-2H3. The highest BCUT2D eigenvalue weighted by molar-refractivity contribution is 5.08. The van der Waals surface area contributed by atoms with Gasteiger partial charge in [-0.05, 0) is 45.2 Å². The molecule has 0 saturated carbocycles. The molecular weight excluding hydrogens is 226 g/mol. The van der Waals surface area contributed by atoms with E-state index in [2.05, 4.69) is 14.9 Å². The van der Waals surface area contributed by atoms with E-state index in [0.29, 0.717) is 5.92 Å². The van der Waals surface area contributed by atoms with Crippen LogP contribution in [0.1, 0.15) is 30.1 Å². The highest BCUT2D eigenvalue weighted by Gasteiger charge is 2.20. The summed E-state index contributed by atoms with van der Waals surface area (Å²) >= 11 is 0. The van der Waals surface area contributed by atoms with Gasteiger partial charge in [-0.2, -0.15) is 0 Å². The van der Waals surface area contributed by atoms with Crippen LogP contribution in [0.15, 0.2) is 6.07 Å². The molecule has 0 bridgehead atoms. The first kappa shape index (κ1) is 13.4. The summed E-state index contributed by atoms with van der Waals surface area (Å²) in [5, 5.41) is 9.00. The predicted octanol–water partition coefficient (Wildman–Crippen LogP) is 1.34. The zero-order chi connectivity index (χ0) is 13.0. The third-order valence-electron chi connectivity index (χ3n) is 3.52.